The lowest BCUT2D eigenvalue weighted by Gasteiger charge is -2.02. The Labute approximate surface area is 98.5 Å². The quantitative estimate of drug-likeness (QED) is 0.759. The number of hydrogen-bond acceptors (Lipinski definition) is 3. The summed E-state index contributed by atoms with van der Waals surface area (Å²) in [6.45, 7) is 1.99. The lowest BCUT2D eigenvalue weighted by molar-refractivity contribution is 0.104. The summed E-state index contributed by atoms with van der Waals surface area (Å²) in [6, 6.07) is 11.0. The molecular formula is C13H12O2S. The molecule has 2 nitrogen and oxygen atoms in total. The van der Waals surface area contributed by atoms with E-state index in [2.05, 4.69) is 0 Å². The van der Waals surface area contributed by atoms with Gasteiger partial charge in [-0.1, -0.05) is 12.1 Å². The van der Waals surface area contributed by atoms with Crippen LogP contribution in [-0.2, 0) is 0 Å². The van der Waals surface area contributed by atoms with Gasteiger partial charge in [0, 0.05) is 10.4 Å². The third-order valence-electron chi connectivity index (χ3n) is 2.30. The van der Waals surface area contributed by atoms with Crippen molar-refractivity contribution in [3.63, 3.8) is 0 Å². The first-order valence-corrected chi connectivity index (χ1v) is 5.77. The number of hydrogen-bond donors (Lipinski definition) is 0. The SMILES string of the molecule is COc1cccc(C(=O)c2ccc(C)s2)c1. The predicted molar refractivity (Wildman–Crippen MR) is 65.5 cm³/mol. The highest BCUT2D eigenvalue weighted by Gasteiger charge is 2.11. The molecule has 0 N–H and O–H groups in total. The second kappa shape index (κ2) is 4.49. The molecule has 16 heavy (non-hydrogen) atoms. The van der Waals surface area contributed by atoms with E-state index in [-0.39, 0.29) is 5.78 Å². The molecule has 0 radical (unpaired) electrons. The zero-order valence-electron chi connectivity index (χ0n) is 9.19. The van der Waals surface area contributed by atoms with E-state index in [1.54, 1.807) is 19.2 Å². The molecule has 0 bridgehead atoms. The number of ether oxygens (including phenoxy) is 1. The Balaban J connectivity index is 2.33. The topological polar surface area (TPSA) is 26.3 Å². The summed E-state index contributed by atoms with van der Waals surface area (Å²) < 4.78 is 5.10. The summed E-state index contributed by atoms with van der Waals surface area (Å²) in [5.74, 6) is 0.760. The van der Waals surface area contributed by atoms with Crippen LogP contribution in [0.4, 0.5) is 0 Å². The van der Waals surface area contributed by atoms with E-state index in [0.717, 1.165) is 9.75 Å². The monoisotopic (exact) mass is 232 g/mol. The molecule has 0 unspecified atom stereocenters. The Bertz CT molecular complexity index is 514. The molecule has 0 atom stereocenters. The van der Waals surface area contributed by atoms with Crippen molar-refractivity contribution < 1.29 is 9.53 Å². The molecule has 1 heterocycles. The van der Waals surface area contributed by atoms with Gasteiger partial charge in [-0.15, -0.1) is 11.3 Å². The van der Waals surface area contributed by atoms with Gasteiger partial charge in [-0.3, -0.25) is 4.79 Å². The Morgan fingerprint density at radius 2 is 2.06 bits per heavy atom. The number of ketones is 1. The van der Waals surface area contributed by atoms with Gasteiger partial charge in [-0.05, 0) is 31.2 Å². The fourth-order valence-electron chi connectivity index (χ4n) is 1.46. The molecule has 2 aromatic rings. The van der Waals surface area contributed by atoms with E-state index < -0.39 is 0 Å². The van der Waals surface area contributed by atoms with Gasteiger partial charge in [0.1, 0.15) is 5.75 Å². The van der Waals surface area contributed by atoms with Crippen molar-refractivity contribution in [2.75, 3.05) is 7.11 Å². The zero-order valence-corrected chi connectivity index (χ0v) is 10.0. The summed E-state index contributed by atoms with van der Waals surface area (Å²) in [5.41, 5.74) is 0.668. The molecule has 0 amide bonds. The number of carbonyl (C=O) groups is 1. The molecular weight excluding hydrogens is 220 g/mol. The van der Waals surface area contributed by atoms with Crippen molar-refractivity contribution in [2.45, 2.75) is 6.92 Å². The lowest BCUT2D eigenvalue weighted by Crippen LogP contribution is -1.98. The first kappa shape index (κ1) is 10.9. The van der Waals surface area contributed by atoms with Gasteiger partial charge < -0.3 is 4.74 Å². The number of benzene rings is 1. The molecule has 0 aliphatic carbocycles. The Morgan fingerprint density at radius 3 is 2.69 bits per heavy atom. The van der Waals surface area contributed by atoms with Gasteiger partial charge in [0.15, 0.2) is 0 Å². The van der Waals surface area contributed by atoms with E-state index in [0.29, 0.717) is 11.3 Å². The van der Waals surface area contributed by atoms with E-state index in [4.69, 9.17) is 4.74 Å². The number of aryl methyl sites for hydroxylation is 1. The molecule has 1 aromatic carbocycles. The number of thiophene rings is 1. The van der Waals surface area contributed by atoms with Gasteiger partial charge in [0.05, 0.1) is 12.0 Å². The van der Waals surface area contributed by atoms with Crippen molar-refractivity contribution in [3.8, 4) is 5.75 Å². The second-order valence-corrected chi connectivity index (χ2v) is 4.76. The predicted octanol–water partition coefficient (Wildman–Crippen LogP) is 3.30. The molecule has 3 heteroatoms. The van der Waals surface area contributed by atoms with Crippen LogP contribution >= 0.6 is 11.3 Å². The first-order chi connectivity index (χ1) is 7.70. The van der Waals surface area contributed by atoms with E-state index >= 15 is 0 Å². The van der Waals surface area contributed by atoms with Gasteiger partial charge >= 0.3 is 0 Å². The average molecular weight is 232 g/mol. The van der Waals surface area contributed by atoms with Crippen LogP contribution in [0.25, 0.3) is 0 Å². The minimum absolute atomic E-state index is 0.0528. The van der Waals surface area contributed by atoms with Crippen LogP contribution in [0.5, 0.6) is 5.75 Å². The highest BCUT2D eigenvalue weighted by atomic mass is 32.1. The van der Waals surface area contributed by atoms with Gasteiger partial charge in [0.2, 0.25) is 5.78 Å². The van der Waals surface area contributed by atoms with Crippen molar-refractivity contribution in [1.29, 1.82) is 0 Å². The van der Waals surface area contributed by atoms with Crippen LogP contribution in [-0.4, -0.2) is 12.9 Å². The Morgan fingerprint density at radius 1 is 1.25 bits per heavy atom. The van der Waals surface area contributed by atoms with Crippen LogP contribution in [0.15, 0.2) is 36.4 Å². The zero-order chi connectivity index (χ0) is 11.5. The standard InChI is InChI=1S/C13H12O2S/c1-9-6-7-12(16-9)13(14)10-4-3-5-11(8-10)15-2/h3-8H,1-2H3. The van der Waals surface area contributed by atoms with Crippen LogP contribution in [0, 0.1) is 6.92 Å². The summed E-state index contributed by atoms with van der Waals surface area (Å²) in [5, 5.41) is 0. The molecule has 0 aliphatic rings. The third kappa shape index (κ3) is 2.14. The normalized spacial score (nSPS) is 10.1. The number of carbonyl (C=O) groups excluding carboxylic acids is 1. The maximum absolute atomic E-state index is 12.1. The van der Waals surface area contributed by atoms with E-state index in [1.165, 1.54) is 11.3 Å². The van der Waals surface area contributed by atoms with Crippen molar-refractivity contribution in [1.82, 2.24) is 0 Å². The second-order valence-electron chi connectivity index (χ2n) is 3.47. The molecule has 0 spiro atoms. The maximum atomic E-state index is 12.1. The summed E-state index contributed by atoms with van der Waals surface area (Å²) in [4.78, 5) is 14.0. The average Bonchev–Trinajstić information content (AvgIpc) is 2.75. The fraction of sp³-hybridized carbons (Fsp3) is 0.154. The van der Waals surface area contributed by atoms with Crippen molar-refractivity contribution in [2.24, 2.45) is 0 Å². The minimum atomic E-state index is 0.0528. The third-order valence-corrected chi connectivity index (χ3v) is 3.30. The van der Waals surface area contributed by atoms with Gasteiger partial charge in [0.25, 0.3) is 0 Å². The molecule has 0 aliphatic heterocycles. The molecule has 0 saturated heterocycles. The van der Waals surface area contributed by atoms with Gasteiger partial charge in [-0.2, -0.15) is 0 Å². The minimum Gasteiger partial charge on any atom is -0.497 e. The summed E-state index contributed by atoms with van der Waals surface area (Å²) >= 11 is 1.51. The van der Waals surface area contributed by atoms with Crippen molar-refractivity contribution >= 4 is 17.1 Å². The fourth-order valence-corrected chi connectivity index (χ4v) is 2.29. The Hall–Kier alpha value is -1.61. The lowest BCUT2D eigenvalue weighted by atomic mass is 10.1. The van der Waals surface area contributed by atoms with E-state index in [9.17, 15) is 4.79 Å². The van der Waals surface area contributed by atoms with Crippen LogP contribution in [0.3, 0.4) is 0 Å². The molecule has 2 rings (SSSR count). The number of rotatable bonds is 3. The molecule has 0 fully saturated rings. The maximum Gasteiger partial charge on any atom is 0.203 e. The number of methoxy groups -OCH3 is 1. The summed E-state index contributed by atoms with van der Waals surface area (Å²) in [7, 11) is 1.60. The molecule has 1 aromatic heterocycles. The largest absolute Gasteiger partial charge is 0.497 e. The highest BCUT2D eigenvalue weighted by Crippen LogP contribution is 2.21. The van der Waals surface area contributed by atoms with Gasteiger partial charge in [-0.25, -0.2) is 0 Å². The smallest absolute Gasteiger partial charge is 0.203 e. The molecule has 0 saturated carbocycles. The van der Waals surface area contributed by atoms with Crippen LogP contribution in [0.2, 0.25) is 0 Å². The van der Waals surface area contributed by atoms with Crippen LogP contribution in [0.1, 0.15) is 20.1 Å². The van der Waals surface area contributed by atoms with E-state index in [1.807, 2.05) is 31.2 Å². The summed E-state index contributed by atoms with van der Waals surface area (Å²) in [6.07, 6.45) is 0. The van der Waals surface area contributed by atoms with Crippen molar-refractivity contribution in [3.05, 3.63) is 51.7 Å². The highest BCUT2D eigenvalue weighted by molar-refractivity contribution is 7.14. The molecule has 82 valence electrons. The first-order valence-electron chi connectivity index (χ1n) is 4.96. The Kier molecular flexibility index (Phi) is 3.06. The van der Waals surface area contributed by atoms with Crippen LogP contribution < -0.4 is 4.74 Å².